The number of carbonyl (C=O) groups excluding carboxylic acids is 1. The second-order valence-electron chi connectivity index (χ2n) is 8.44. The molecule has 0 saturated carbocycles. The fourth-order valence-electron chi connectivity index (χ4n) is 4.24. The van der Waals surface area contributed by atoms with Gasteiger partial charge in [-0.25, -0.2) is 0 Å². The van der Waals surface area contributed by atoms with E-state index in [4.69, 9.17) is 21.0 Å². The van der Waals surface area contributed by atoms with Crippen molar-refractivity contribution in [2.45, 2.75) is 19.9 Å². The average Bonchev–Trinajstić information content (AvgIpc) is 3.35. The summed E-state index contributed by atoms with van der Waals surface area (Å²) < 4.78 is 14.7. The molecular weight excluding hydrogens is 549 g/mol. The molecule has 0 spiro atoms. The largest absolute Gasteiger partial charge is 0.466 e. The summed E-state index contributed by atoms with van der Waals surface area (Å²) in [6, 6.07) is 10.2. The Labute approximate surface area is 223 Å². The number of ether oxygens (including phenoxy) is 1. The van der Waals surface area contributed by atoms with Gasteiger partial charge in [-0.2, -0.15) is 0 Å². The molecule has 0 radical (unpaired) electrons. The summed E-state index contributed by atoms with van der Waals surface area (Å²) in [6.45, 7) is 4.52. The molecule has 0 saturated heterocycles. The number of hydrogen-bond acceptors (Lipinski definition) is 6. The Morgan fingerprint density at radius 3 is 2.86 bits per heavy atom. The van der Waals surface area contributed by atoms with Crippen LogP contribution < -0.4 is 5.32 Å². The highest BCUT2D eigenvalue weighted by atomic mass is 79.9. The van der Waals surface area contributed by atoms with Crippen LogP contribution in [0.2, 0.25) is 5.02 Å². The summed E-state index contributed by atoms with van der Waals surface area (Å²) in [7, 11) is 4.32. The third-order valence-electron chi connectivity index (χ3n) is 5.78. The molecule has 0 aliphatic heterocycles. The number of fused-ring (bicyclic) bond motifs is 2. The van der Waals surface area contributed by atoms with E-state index in [0.717, 1.165) is 45.1 Å². The number of carbonyl (C=O) groups is 1. The minimum absolute atomic E-state index is 0.214. The Morgan fingerprint density at radius 1 is 1.26 bits per heavy atom. The lowest BCUT2D eigenvalue weighted by atomic mass is 10.1. The summed E-state index contributed by atoms with van der Waals surface area (Å²) in [5.74, 6) is -0.214. The zero-order valence-electron chi connectivity index (χ0n) is 20.1. The molecule has 0 fully saturated rings. The normalized spacial score (nSPS) is 11.5. The van der Waals surface area contributed by atoms with Gasteiger partial charge < -0.3 is 24.1 Å². The van der Waals surface area contributed by atoms with Crippen LogP contribution in [0.25, 0.3) is 21.0 Å². The molecule has 0 atom stereocenters. The molecule has 0 aliphatic carbocycles. The number of likely N-dealkylation sites (N-methyl/N-ethyl adjacent to an activating group) is 1. The van der Waals surface area contributed by atoms with E-state index in [1.165, 1.54) is 10.3 Å². The number of halogens is 2. The lowest BCUT2D eigenvalue weighted by Gasteiger charge is -2.15. The molecule has 6 nitrogen and oxygen atoms in total. The first kappa shape index (κ1) is 26.0. The number of esters is 1. The Bertz CT molecular complexity index is 1340. The van der Waals surface area contributed by atoms with Crippen LogP contribution in [0.4, 0.5) is 5.69 Å². The predicted octanol–water partition coefficient (Wildman–Crippen LogP) is 5.68. The average molecular weight is 577 g/mol. The van der Waals surface area contributed by atoms with E-state index in [-0.39, 0.29) is 12.4 Å². The smallest absolute Gasteiger partial charge is 0.363 e. The van der Waals surface area contributed by atoms with Crippen molar-refractivity contribution in [3.05, 3.63) is 62.5 Å². The SMILES string of the molecule is CCOC(=O)Cc1cn(Cc2csc3c(NCCN(C)BOC)cc(Cl)cc23)c2cc(Br)ccc12. The number of nitrogens with zero attached hydrogens (tertiary/aromatic N) is 2. The van der Waals surface area contributed by atoms with E-state index in [1.54, 1.807) is 18.4 Å². The third kappa shape index (κ3) is 6.21. The van der Waals surface area contributed by atoms with Crippen LogP contribution in [0.15, 0.2) is 46.4 Å². The van der Waals surface area contributed by atoms with Crippen molar-refractivity contribution < 1.29 is 14.2 Å². The van der Waals surface area contributed by atoms with Gasteiger partial charge in [0.15, 0.2) is 0 Å². The molecule has 184 valence electrons. The molecule has 2 aromatic carbocycles. The van der Waals surface area contributed by atoms with Gasteiger partial charge in [0.05, 0.1) is 23.4 Å². The van der Waals surface area contributed by atoms with Gasteiger partial charge in [-0.1, -0.05) is 33.6 Å². The summed E-state index contributed by atoms with van der Waals surface area (Å²) in [6.07, 6.45) is 2.31. The maximum Gasteiger partial charge on any atom is 0.363 e. The first-order valence-electron chi connectivity index (χ1n) is 11.4. The first-order chi connectivity index (χ1) is 16.9. The van der Waals surface area contributed by atoms with E-state index in [9.17, 15) is 4.79 Å². The van der Waals surface area contributed by atoms with Crippen LogP contribution in [-0.4, -0.2) is 56.8 Å². The molecule has 0 aliphatic rings. The molecule has 35 heavy (non-hydrogen) atoms. The van der Waals surface area contributed by atoms with Crippen LogP contribution in [-0.2, 0) is 27.2 Å². The van der Waals surface area contributed by atoms with Crippen molar-refractivity contribution >= 4 is 79.1 Å². The number of thiophene rings is 1. The van der Waals surface area contributed by atoms with Gasteiger partial charge in [0.25, 0.3) is 0 Å². The fraction of sp³-hybridized carbons (Fsp3) is 0.320. The standard InChI is InChI=1S/C25H28BBrClN3O3S/c1-4-34-24(32)9-16-13-31(23-10-18(27)5-6-20(16)23)14-17-15-35-25-21(17)11-19(28)12-22(25)29-7-8-30(2)26-33-3/h5-6,10-13,15,26,29H,4,7-9,14H2,1-3H3. The Balaban J connectivity index is 1.63. The van der Waals surface area contributed by atoms with Crippen molar-refractivity contribution in [3.8, 4) is 0 Å². The minimum atomic E-state index is -0.214. The Kier molecular flexibility index (Phi) is 8.78. The van der Waals surface area contributed by atoms with E-state index < -0.39 is 0 Å². The molecule has 1 N–H and O–H groups in total. The maximum atomic E-state index is 12.2. The van der Waals surface area contributed by atoms with Crippen LogP contribution in [0.1, 0.15) is 18.1 Å². The molecule has 0 amide bonds. The van der Waals surface area contributed by atoms with Gasteiger partial charge in [-0.15, -0.1) is 11.3 Å². The highest BCUT2D eigenvalue weighted by Crippen LogP contribution is 2.36. The molecule has 4 aromatic rings. The van der Waals surface area contributed by atoms with Crippen LogP contribution >= 0.6 is 38.9 Å². The van der Waals surface area contributed by atoms with Crippen LogP contribution in [0, 0.1) is 0 Å². The minimum Gasteiger partial charge on any atom is -0.466 e. The van der Waals surface area contributed by atoms with Gasteiger partial charge in [-0.05, 0) is 54.7 Å². The molecule has 10 heteroatoms. The van der Waals surface area contributed by atoms with Gasteiger partial charge in [0, 0.05) is 58.7 Å². The third-order valence-corrected chi connectivity index (χ3v) is 7.57. The number of benzene rings is 2. The van der Waals surface area contributed by atoms with Gasteiger partial charge >= 0.3 is 13.6 Å². The maximum absolute atomic E-state index is 12.2. The van der Waals surface area contributed by atoms with Gasteiger partial charge in [0.1, 0.15) is 0 Å². The quantitative estimate of drug-likeness (QED) is 0.184. The van der Waals surface area contributed by atoms with Crippen LogP contribution in [0.3, 0.4) is 0 Å². The molecule has 4 rings (SSSR count). The lowest BCUT2D eigenvalue weighted by molar-refractivity contribution is -0.142. The van der Waals surface area contributed by atoms with Gasteiger partial charge in [-0.3, -0.25) is 4.79 Å². The second kappa shape index (κ2) is 11.8. The van der Waals surface area contributed by atoms with Crippen molar-refractivity contribution in [1.82, 2.24) is 9.38 Å². The van der Waals surface area contributed by atoms with Gasteiger partial charge in [0.2, 0.25) is 0 Å². The monoisotopic (exact) mass is 575 g/mol. The lowest BCUT2D eigenvalue weighted by Crippen LogP contribution is -2.29. The number of hydrogen-bond donors (Lipinski definition) is 1. The first-order valence-corrected chi connectivity index (χ1v) is 13.5. The fourth-order valence-corrected chi connectivity index (χ4v) is 5.84. The van der Waals surface area contributed by atoms with Crippen molar-refractivity contribution in [2.75, 3.05) is 39.2 Å². The molecular formula is C25H28BBrClN3O3S. The van der Waals surface area contributed by atoms with E-state index in [2.05, 4.69) is 54.3 Å². The summed E-state index contributed by atoms with van der Waals surface area (Å²) in [5.41, 5.74) is 4.26. The summed E-state index contributed by atoms with van der Waals surface area (Å²) >= 11 is 11.8. The second-order valence-corrected chi connectivity index (χ2v) is 10.7. The van der Waals surface area contributed by atoms with E-state index >= 15 is 0 Å². The molecule has 2 heterocycles. The number of rotatable bonds is 11. The number of nitrogens with one attached hydrogen (secondary N) is 1. The van der Waals surface area contributed by atoms with E-state index in [0.29, 0.717) is 25.8 Å². The van der Waals surface area contributed by atoms with Crippen molar-refractivity contribution in [3.63, 3.8) is 0 Å². The Morgan fingerprint density at radius 2 is 2.09 bits per heavy atom. The molecule has 0 bridgehead atoms. The zero-order chi connectivity index (χ0) is 24.9. The molecule has 2 aromatic heterocycles. The highest BCUT2D eigenvalue weighted by Gasteiger charge is 2.16. The highest BCUT2D eigenvalue weighted by molar-refractivity contribution is 9.10. The summed E-state index contributed by atoms with van der Waals surface area (Å²) in [4.78, 5) is 14.3. The van der Waals surface area contributed by atoms with E-state index in [1.807, 2.05) is 32.2 Å². The summed E-state index contributed by atoms with van der Waals surface area (Å²) in [5, 5.41) is 8.62. The van der Waals surface area contributed by atoms with Crippen molar-refractivity contribution in [1.29, 1.82) is 0 Å². The Hall–Kier alpha value is -2.04. The van der Waals surface area contributed by atoms with Crippen molar-refractivity contribution in [2.24, 2.45) is 0 Å². The van der Waals surface area contributed by atoms with Crippen LogP contribution in [0.5, 0.6) is 0 Å². The topological polar surface area (TPSA) is 55.7 Å². The predicted molar refractivity (Wildman–Crippen MR) is 151 cm³/mol. The zero-order valence-corrected chi connectivity index (χ0v) is 23.2. The number of aromatic nitrogens is 1. The number of anilines is 1. The molecule has 0 unspecified atom stereocenters.